The zero-order valence-corrected chi connectivity index (χ0v) is 24.0. The van der Waals surface area contributed by atoms with E-state index in [1.54, 1.807) is 58.9 Å². The van der Waals surface area contributed by atoms with Crippen molar-refractivity contribution in [1.29, 1.82) is 0 Å². The Hall–Kier alpha value is -4.26. The molecule has 1 saturated heterocycles. The number of aryl methyl sites for hydroxylation is 2. The van der Waals surface area contributed by atoms with E-state index in [4.69, 9.17) is 4.52 Å². The first kappa shape index (κ1) is 30.7. The fraction of sp³-hybridized carbons (Fsp3) is 0.448. The summed E-state index contributed by atoms with van der Waals surface area (Å²) in [6.45, 7) is 8.06. The van der Waals surface area contributed by atoms with Crippen molar-refractivity contribution in [2.75, 3.05) is 6.54 Å². The lowest BCUT2D eigenvalue weighted by Crippen LogP contribution is -2.59. The second-order valence-corrected chi connectivity index (χ2v) is 11.5. The van der Waals surface area contributed by atoms with Gasteiger partial charge >= 0.3 is 5.92 Å². The number of likely N-dealkylation sites (tertiary alicyclic amines) is 1. The Morgan fingerprint density at radius 2 is 1.83 bits per heavy atom. The van der Waals surface area contributed by atoms with Crippen LogP contribution < -0.4 is 10.6 Å². The largest absolute Gasteiger partial charge is 0.391 e. The lowest BCUT2D eigenvalue weighted by atomic mass is 9.85. The molecule has 3 aromatic rings. The van der Waals surface area contributed by atoms with Crippen LogP contribution in [0.1, 0.15) is 49.9 Å². The van der Waals surface area contributed by atoms with Crippen LogP contribution in [-0.2, 0) is 26.9 Å². The molecule has 3 atom stereocenters. The first-order valence-corrected chi connectivity index (χ1v) is 13.4. The molecule has 224 valence electrons. The minimum atomic E-state index is -4.00. The van der Waals surface area contributed by atoms with Crippen LogP contribution in [0.2, 0.25) is 0 Å². The molecule has 1 aliphatic heterocycles. The van der Waals surface area contributed by atoms with E-state index in [1.165, 1.54) is 12.3 Å². The molecule has 1 aromatic carbocycles. The zero-order valence-electron chi connectivity index (χ0n) is 24.0. The lowest BCUT2D eigenvalue weighted by Gasteiger charge is -2.36. The van der Waals surface area contributed by atoms with E-state index in [9.17, 15) is 19.5 Å². The van der Waals surface area contributed by atoms with Gasteiger partial charge < -0.3 is 25.2 Å². The number of β-amino-alcohol motifs (C(OH)–C–C–N with tert-alkyl or cyclic N) is 1. The molecule has 3 N–H and O–H groups in total. The van der Waals surface area contributed by atoms with E-state index in [0.717, 1.165) is 22.1 Å². The highest BCUT2D eigenvalue weighted by Gasteiger charge is 2.49. The minimum absolute atomic E-state index is 0.0398. The van der Waals surface area contributed by atoms with Gasteiger partial charge in [0.1, 0.15) is 17.8 Å². The Bertz CT molecular complexity index is 1450. The molecule has 13 heteroatoms. The number of amides is 3. The van der Waals surface area contributed by atoms with E-state index >= 15 is 8.78 Å². The summed E-state index contributed by atoms with van der Waals surface area (Å²) in [5.74, 6) is -6.09. The highest BCUT2D eigenvalue weighted by Crippen LogP contribution is 2.31. The summed E-state index contributed by atoms with van der Waals surface area (Å²) in [6, 6.07) is 7.26. The van der Waals surface area contributed by atoms with Crippen molar-refractivity contribution in [2.24, 2.45) is 5.41 Å². The molecule has 0 unspecified atom stereocenters. The van der Waals surface area contributed by atoms with Gasteiger partial charge in [-0.25, -0.2) is 0 Å². The number of halogens is 2. The maximum Gasteiger partial charge on any atom is 0.366 e. The Balaban J connectivity index is 1.45. The molecule has 0 bridgehead atoms. The number of pyridine rings is 1. The maximum atomic E-state index is 15.1. The monoisotopic (exact) mass is 584 g/mol. The molecule has 4 rings (SSSR count). The molecule has 11 nitrogen and oxygen atoms in total. The van der Waals surface area contributed by atoms with E-state index in [0.29, 0.717) is 17.3 Å². The third-order valence-electron chi connectivity index (χ3n) is 6.98. The van der Waals surface area contributed by atoms with Gasteiger partial charge in [0, 0.05) is 38.2 Å². The summed E-state index contributed by atoms with van der Waals surface area (Å²) in [6.07, 6.45) is 0.134. The highest BCUT2D eigenvalue weighted by molar-refractivity contribution is 5.94. The maximum absolute atomic E-state index is 15.1. The van der Waals surface area contributed by atoms with Gasteiger partial charge in [-0.05, 0) is 35.6 Å². The first-order chi connectivity index (χ1) is 19.7. The lowest BCUT2D eigenvalue weighted by molar-refractivity contribution is -0.153. The number of nitrogens with zero attached hydrogens (tertiary/aromatic N) is 4. The molecule has 0 radical (unpaired) electrons. The summed E-state index contributed by atoms with van der Waals surface area (Å²) in [7, 11) is 0. The third-order valence-corrected chi connectivity index (χ3v) is 6.98. The molecule has 3 heterocycles. The van der Waals surface area contributed by atoms with Crippen molar-refractivity contribution in [3.05, 3.63) is 65.3 Å². The number of aliphatic hydroxyl groups is 1. The van der Waals surface area contributed by atoms with E-state index in [1.807, 2.05) is 0 Å². The summed E-state index contributed by atoms with van der Waals surface area (Å²) in [5.41, 5.74) is 0.242. The molecule has 0 saturated carbocycles. The van der Waals surface area contributed by atoms with Crippen LogP contribution in [0, 0.1) is 19.3 Å². The molecule has 0 spiro atoms. The fourth-order valence-electron chi connectivity index (χ4n) is 4.66. The molecule has 3 amide bonds. The standard InChI is InChI=1S/C29H34F2N6O5/c1-16-10-11-32-22(12-16)29(30,31)27(41)35-23(28(3,4)5)26(40)37-15-20(38)13-21(37)25(39)33-14-18-6-8-19(9-7-18)24-34-17(2)42-36-24/h6-12,20-21,23,38H,13-15H2,1-5H3,(H,33,39)(H,35,41)/t20-,21+,23-/m1/s1. The van der Waals surface area contributed by atoms with Crippen molar-refractivity contribution in [1.82, 2.24) is 30.7 Å². The van der Waals surface area contributed by atoms with Gasteiger partial charge in [-0.3, -0.25) is 19.4 Å². The predicted octanol–water partition coefficient (Wildman–Crippen LogP) is 2.65. The number of rotatable bonds is 8. The SMILES string of the molecule is Cc1ccnc(C(F)(F)C(=O)N[C@H](C(=O)N2C[C@H](O)C[C@H]2C(=O)NCc2ccc(-c3noc(C)n3)cc2)C(C)(C)C)c1. The van der Waals surface area contributed by atoms with Crippen LogP contribution in [0.25, 0.3) is 11.4 Å². The van der Waals surface area contributed by atoms with Crippen LogP contribution in [0.5, 0.6) is 0 Å². The number of carbonyl (C=O) groups excluding carboxylic acids is 3. The van der Waals surface area contributed by atoms with Gasteiger partial charge in [0.2, 0.25) is 23.5 Å². The average Bonchev–Trinajstić information content (AvgIpc) is 3.55. The van der Waals surface area contributed by atoms with Crippen molar-refractivity contribution in [3.8, 4) is 11.4 Å². The van der Waals surface area contributed by atoms with Crippen LogP contribution in [-0.4, -0.2) is 67.6 Å². The van der Waals surface area contributed by atoms with Crippen LogP contribution >= 0.6 is 0 Å². The molecular formula is C29H34F2N6O5. The van der Waals surface area contributed by atoms with Gasteiger partial charge in [0.05, 0.1) is 6.10 Å². The third kappa shape index (κ3) is 6.78. The number of hydrogen-bond donors (Lipinski definition) is 3. The van der Waals surface area contributed by atoms with E-state index in [2.05, 4.69) is 25.8 Å². The van der Waals surface area contributed by atoms with Gasteiger partial charge in [-0.2, -0.15) is 13.8 Å². The molecule has 42 heavy (non-hydrogen) atoms. The average molecular weight is 585 g/mol. The Kier molecular flexibility index (Phi) is 8.71. The minimum Gasteiger partial charge on any atom is -0.391 e. The second kappa shape index (κ2) is 11.9. The Labute approximate surface area is 241 Å². The summed E-state index contributed by atoms with van der Waals surface area (Å²) in [5, 5.41) is 19.2. The molecule has 0 aliphatic carbocycles. The van der Waals surface area contributed by atoms with Gasteiger partial charge in [0.25, 0.3) is 5.91 Å². The number of hydrogen-bond acceptors (Lipinski definition) is 8. The smallest absolute Gasteiger partial charge is 0.366 e. The van der Waals surface area contributed by atoms with Crippen LogP contribution in [0.15, 0.2) is 47.1 Å². The number of benzene rings is 1. The molecular weight excluding hydrogens is 550 g/mol. The normalized spacial score (nSPS) is 18.0. The van der Waals surface area contributed by atoms with Crippen molar-refractivity contribution < 1.29 is 32.8 Å². The first-order valence-electron chi connectivity index (χ1n) is 13.4. The molecule has 2 aromatic heterocycles. The Morgan fingerprint density at radius 1 is 1.14 bits per heavy atom. The quantitative estimate of drug-likeness (QED) is 0.366. The van der Waals surface area contributed by atoms with Gasteiger partial charge in [-0.1, -0.05) is 50.2 Å². The highest BCUT2D eigenvalue weighted by atomic mass is 19.3. The summed E-state index contributed by atoms with van der Waals surface area (Å²) >= 11 is 0. The number of carbonyl (C=O) groups is 3. The van der Waals surface area contributed by atoms with Gasteiger partial charge in [0.15, 0.2) is 0 Å². The number of aromatic nitrogens is 3. The molecule has 1 aliphatic rings. The second-order valence-electron chi connectivity index (χ2n) is 11.5. The van der Waals surface area contributed by atoms with E-state index in [-0.39, 0.29) is 19.5 Å². The zero-order chi connectivity index (χ0) is 30.8. The fourth-order valence-corrected chi connectivity index (χ4v) is 4.66. The number of nitrogens with one attached hydrogen (secondary N) is 2. The number of aliphatic hydroxyl groups excluding tert-OH is 1. The van der Waals surface area contributed by atoms with Gasteiger partial charge in [-0.15, -0.1) is 0 Å². The Morgan fingerprint density at radius 3 is 2.43 bits per heavy atom. The van der Waals surface area contributed by atoms with Crippen molar-refractivity contribution >= 4 is 17.7 Å². The summed E-state index contributed by atoms with van der Waals surface area (Å²) in [4.78, 5) is 48.6. The predicted molar refractivity (Wildman–Crippen MR) is 147 cm³/mol. The molecule has 1 fully saturated rings. The van der Waals surface area contributed by atoms with Crippen molar-refractivity contribution in [3.63, 3.8) is 0 Å². The number of alkyl halides is 2. The topological polar surface area (TPSA) is 151 Å². The van der Waals surface area contributed by atoms with Crippen molar-refractivity contribution in [2.45, 2.75) is 71.7 Å². The van der Waals surface area contributed by atoms with Crippen LogP contribution in [0.3, 0.4) is 0 Å². The van der Waals surface area contributed by atoms with Crippen LogP contribution in [0.4, 0.5) is 8.78 Å². The summed E-state index contributed by atoms with van der Waals surface area (Å²) < 4.78 is 35.1. The van der Waals surface area contributed by atoms with E-state index < -0.39 is 52.9 Å².